The minimum Gasteiger partial charge on any atom is -0.247 e. The van der Waals surface area contributed by atoms with E-state index >= 15 is 0 Å². The molecule has 0 aromatic heterocycles. The average Bonchev–Trinajstić information content (AvgIpc) is 1.80. The highest BCUT2D eigenvalue weighted by Crippen LogP contribution is 2.26. The van der Waals surface area contributed by atoms with E-state index in [1.807, 2.05) is 0 Å². The molecular formula is C7H10F2. The lowest BCUT2D eigenvalue weighted by Gasteiger charge is -2.20. The molecule has 0 aromatic rings. The van der Waals surface area contributed by atoms with Crippen LogP contribution < -0.4 is 0 Å². The number of hydrogen-bond donors (Lipinski definition) is 0. The largest absolute Gasteiger partial charge is 0.247 e. The third-order valence-corrected chi connectivity index (χ3v) is 1.68. The van der Waals surface area contributed by atoms with E-state index in [0.717, 1.165) is 0 Å². The van der Waals surface area contributed by atoms with E-state index in [1.54, 1.807) is 0 Å². The maximum atomic E-state index is 12.5. The summed E-state index contributed by atoms with van der Waals surface area (Å²) in [5, 5.41) is 0. The Bertz CT molecular complexity index is 120. The van der Waals surface area contributed by atoms with Crippen LogP contribution in [0.15, 0.2) is 12.2 Å². The number of allylic oxidation sites excluding steroid dienone is 1. The predicted octanol–water partition coefficient (Wildman–Crippen LogP) is 2.40. The summed E-state index contributed by atoms with van der Waals surface area (Å²) in [6.45, 7) is 3.49. The zero-order chi connectivity index (χ0) is 6.85. The first-order chi connectivity index (χ1) is 4.20. The fourth-order valence-electron chi connectivity index (χ4n) is 1.01. The number of halogens is 2. The first kappa shape index (κ1) is 6.72. The molecule has 9 heavy (non-hydrogen) atoms. The smallest absolute Gasteiger partial charge is 0.124 e. The molecule has 0 heterocycles. The van der Waals surface area contributed by atoms with Gasteiger partial charge in [-0.2, -0.15) is 0 Å². The maximum absolute atomic E-state index is 12.5. The summed E-state index contributed by atoms with van der Waals surface area (Å²) >= 11 is 0. The topological polar surface area (TPSA) is 0 Å². The Kier molecular flexibility index (Phi) is 1.84. The molecule has 52 valence electrons. The molecule has 0 aromatic carbocycles. The van der Waals surface area contributed by atoms with E-state index in [2.05, 4.69) is 6.58 Å². The molecule has 1 rings (SSSR count). The van der Waals surface area contributed by atoms with E-state index in [4.69, 9.17) is 0 Å². The molecule has 0 spiro atoms. The van der Waals surface area contributed by atoms with Crippen LogP contribution in [0.5, 0.6) is 0 Å². The van der Waals surface area contributed by atoms with Gasteiger partial charge in [0.05, 0.1) is 0 Å². The highest BCUT2D eigenvalue weighted by Gasteiger charge is 2.23. The van der Waals surface area contributed by atoms with Gasteiger partial charge >= 0.3 is 0 Å². The first-order valence-electron chi connectivity index (χ1n) is 3.16. The Morgan fingerprint density at radius 3 is 2.56 bits per heavy atom. The minimum atomic E-state index is -1.09. The summed E-state index contributed by atoms with van der Waals surface area (Å²) < 4.78 is 24.8. The Balaban J connectivity index is 2.44. The molecule has 0 amide bonds. The summed E-state index contributed by atoms with van der Waals surface area (Å²) in [5.41, 5.74) is 0.559. The fraction of sp³-hybridized carbons (Fsp3) is 0.714. The molecule has 1 fully saturated rings. The van der Waals surface area contributed by atoms with Crippen molar-refractivity contribution in [2.75, 3.05) is 0 Å². The summed E-state index contributed by atoms with van der Waals surface area (Å²) in [6.07, 6.45) is -1.03. The van der Waals surface area contributed by atoms with Gasteiger partial charge < -0.3 is 0 Å². The summed E-state index contributed by atoms with van der Waals surface area (Å²) in [7, 11) is 0. The van der Waals surface area contributed by atoms with E-state index in [-0.39, 0.29) is 6.42 Å². The molecule has 0 saturated heterocycles. The quantitative estimate of drug-likeness (QED) is 0.444. The van der Waals surface area contributed by atoms with Crippen molar-refractivity contribution in [3.63, 3.8) is 0 Å². The number of rotatable bonds is 0. The molecule has 2 unspecified atom stereocenters. The second kappa shape index (κ2) is 2.46. The Morgan fingerprint density at radius 2 is 2.11 bits per heavy atom. The van der Waals surface area contributed by atoms with Gasteiger partial charge in [0.25, 0.3) is 0 Å². The third-order valence-electron chi connectivity index (χ3n) is 1.68. The van der Waals surface area contributed by atoms with Crippen molar-refractivity contribution in [1.82, 2.24) is 0 Å². The van der Waals surface area contributed by atoms with Crippen molar-refractivity contribution in [1.29, 1.82) is 0 Å². The van der Waals surface area contributed by atoms with Gasteiger partial charge in [0.15, 0.2) is 0 Å². The second-order valence-electron chi connectivity index (χ2n) is 2.50. The molecule has 0 bridgehead atoms. The molecule has 1 aliphatic carbocycles. The van der Waals surface area contributed by atoms with Crippen LogP contribution in [-0.4, -0.2) is 12.3 Å². The molecule has 0 N–H and O–H groups in total. The van der Waals surface area contributed by atoms with Crippen LogP contribution >= 0.6 is 0 Å². The van der Waals surface area contributed by atoms with Crippen LogP contribution in [0.4, 0.5) is 8.78 Å². The fourth-order valence-corrected chi connectivity index (χ4v) is 1.01. The molecule has 0 radical (unpaired) electrons. The van der Waals surface area contributed by atoms with Gasteiger partial charge in [-0.05, 0) is 18.4 Å². The highest BCUT2D eigenvalue weighted by atomic mass is 19.1. The van der Waals surface area contributed by atoms with Crippen LogP contribution in [0.1, 0.15) is 19.3 Å². The van der Waals surface area contributed by atoms with E-state index in [0.29, 0.717) is 18.4 Å². The van der Waals surface area contributed by atoms with Gasteiger partial charge in [-0.25, -0.2) is 8.78 Å². The zero-order valence-corrected chi connectivity index (χ0v) is 5.24. The van der Waals surface area contributed by atoms with Crippen LogP contribution in [0.25, 0.3) is 0 Å². The lowest BCUT2D eigenvalue weighted by atomic mass is 9.93. The summed E-state index contributed by atoms with van der Waals surface area (Å²) in [5.74, 6) is 0. The molecule has 1 saturated carbocycles. The van der Waals surface area contributed by atoms with E-state index in [9.17, 15) is 8.78 Å². The van der Waals surface area contributed by atoms with Crippen molar-refractivity contribution < 1.29 is 8.78 Å². The lowest BCUT2D eigenvalue weighted by Crippen LogP contribution is -2.18. The van der Waals surface area contributed by atoms with Gasteiger partial charge in [-0.1, -0.05) is 6.58 Å². The molecule has 2 atom stereocenters. The molecule has 0 nitrogen and oxygen atoms in total. The lowest BCUT2D eigenvalue weighted by molar-refractivity contribution is 0.200. The SMILES string of the molecule is C=C1CCC(F)CC1F. The van der Waals surface area contributed by atoms with Crippen LogP contribution in [0, 0.1) is 0 Å². The minimum absolute atomic E-state index is 0.0266. The van der Waals surface area contributed by atoms with Gasteiger partial charge in [-0.3, -0.25) is 0 Å². The Hall–Kier alpha value is -0.400. The maximum Gasteiger partial charge on any atom is 0.124 e. The van der Waals surface area contributed by atoms with Crippen molar-refractivity contribution in [3.05, 3.63) is 12.2 Å². The van der Waals surface area contributed by atoms with Crippen LogP contribution in [0.2, 0.25) is 0 Å². The highest BCUT2D eigenvalue weighted by molar-refractivity contribution is 5.06. The third kappa shape index (κ3) is 1.50. The van der Waals surface area contributed by atoms with Crippen molar-refractivity contribution in [2.24, 2.45) is 0 Å². The zero-order valence-electron chi connectivity index (χ0n) is 5.24. The normalized spacial score (nSPS) is 36.9. The second-order valence-corrected chi connectivity index (χ2v) is 2.50. The summed E-state index contributed by atoms with van der Waals surface area (Å²) in [6, 6.07) is 0. The monoisotopic (exact) mass is 132 g/mol. The van der Waals surface area contributed by atoms with Crippen molar-refractivity contribution >= 4 is 0 Å². The van der Waals surface area contributed by atoms with Crippen molar-refractivity contribution in [2.45, 2.75) is 31.6 Å². The predicted molar refractivity (Wildman–Crippen MR) is 32.8 cm³/mol. The molecule has 0 aliphatic heterocycles. The van der Waals surface area contributed by atoms with Crippen LogP contribution in [0.3, 0.4) is 0 Å². The Labute approximate surface area is 53.6 Å². The molecule has 1 aliphatic rings. The van der Waals surface area contributed by atoms with Gasteiger partial charge in [0.2, 0.25) is 0 Å². The van der Waals surface area contributed by atoms with Crippen molar-refractivity contribution in [3.8, 4) is 0 Å². The Morgan fingerprint density at radius 1 is 1.44 bits per heavy atom. The van der Waals surface area contributed by atoms with Gasteiger partial charge in [-0.15, -0.1) is 0 Å². The number of alkyl halides is 2. The summed E-state index contributed by atoms with van der Waals surface area (Å²) in [4.78, 5) is 0. The van der Waals surface area contributed by atoms with E-state index < -0.39 is 12.3 Å². The number of hydrogen-bond acceptors (Lipinski definition) is 0. The molecule has 2 heteroatoms. The van der Waals surface area contributed by atoms with E-state index in [1.165, 1.54) is 0 Å². The van der Waals surface area contributed by atoms with Gasteiger partial charge in [0, 0.05) is 6.42 Å². The molecular weight excluding hydrogens is 122 g/mol. The average molecular weight is 132 g/mol. The van der Waals surface area contributed by atoms with Gasteiger partial charge in [0.1, 0.15) is 12.3 Å². The standard InChI is InChI=1S/C7H10F2/c1-5-2-3-6(8)4-7(5)9/h6-7H,1-4H2. The first-order valence-corrected chi connectivity index (χ1v) is 3.16. The van der Waals surface area contributed by atoms with Crippen LogP contribution in [-0.2, 0) is 0 Å².